The van der Waals surface area contributed by atoms with E-state index in [1.807, 2.05) is 6.07 Å². The summed E-state index contributed by atoms with van der Waals surface area (Å²) in [6, 6.07) is 4.62. The van der Waals surface area contributed by atoms with Crippen molar-refractivity contribution in [3.8, 4) is 11.8 Å². The van der Waals surface area contributed by atoms with Crippen molar-refractivity contribution in [3.05, 3.63) is 28.8 Å². The lowest BCUT2D eigenvalue weighted by molar-refractivity contribution is 0.0524. The highest BCUT2D eigenvalue weighted by Gasteiger charge is 2.19. The minimum Gasteiger partial charge on any atom is -0.497 e. The number of hydrogen-bond donors (Lipinski definition) is 0. The fraction of sp³-hybridized carbons (Fsp3) is 0.250. The molecule has 0 aliphatic heterocycles. The maximum atomic E-state index is 11.6. The van der Waals surface area contributed by atoms with Crippen molar-refractivity contribution < 1.29 is 19.1 Å². The van der Waals surface area contributed by atoms with Gasteiger partial charge in [0.1, 0.15) is 11.8 Å². The van der Waals surface area contributed by atoms with Crippen LogP contribution in [-0.2, 0) is 4.74 Å². The van der Waals surface area contributed by atoms with E-state index < -0.39 is 5.97 Å². The smallest absolute Gasteiger partial charge is 0.340 e. The molecule has 0 heterocycles. The number of ether oxygens (including phenoxy) is 2. The van der Waals surface area contributed by atoms with Gasteiger partial charge in [0.25, 0.3) is 0 Å². The molecular formula is C12H11NO4. The number of esters is 1. The van der Waals surface area contributed by atoms with Gasteiger partial charge < -0.3 is 9.47 Å². The van der Waals surface area contributed by atoms with Crippen LogP contribution in [0.15, 0.2) is 12.1 Å². The minimum absolute atomic E-state index is 0.0230. The fourth-order valence-electron chi connectivity index (χ4n) is 1.37. The van der Waals surface area contributed by atoms with E-state index in [9.17, 15) is 9.59 Å². The lowest BCUT2D eigenvalue weighted by Gasteiger charge is -2.08. The van der Waals surface area contributed by atoms with E-state index in [0.29, 0.717) is 12.0 Å². The first-order valence-electron chi connectivity index (χ1n) is 4.92. The topological polar surface area (TPSA) is 76.4 Å². The molecule has 5 heteroatoms. The molecule has 0 unspecified atom stereocenters. The Labute approximate surface area is 98.6 Å². The van der Waals surface area contributed by atoms with Gasteiger partial charge in [0, 0.05) is 5.56 Å². The zero-order valence-electron chi connectivity index (χ0n) is 9.52. The molecule has 0 spiro atoms. The number of nitrogens with zero attached hydrogens (tertiary/aromatic N) is 1. The SMILES string of the molecule is CCOC(=O)c1c(C#N)cc(OC)cc1C=O. The highest BCUT2D eigenvalue weighted by molar-refractivity contribution is 6.00. The zero-order valence-corrected chi connectivity index (χ0v) is 9.52. The summed E-state index contributed by atoms with van der Waals surface area (Å²) >= 11 is 0. The van der Waals surface area contributed by atoms with Gasteiger partial charge in [0.05, 0.1) is 24.8 Å². The van der Waals surface area contributed by atoms with Crippen LogP contribution in [0.3, 0.4) is 0 Å². The Kier molecular flexibility index (Phi) is 4.23. The molecule has 0 aromatic heterocycles. The molecule has 5 nitrogen and oxygen atoms in total. The van der Waals surface area contributed by atoms with Crippen LogP contribution in [0.5, 0.6) is 5.75 Å². The number of carbonyl (C=O) groups is 2. The molecule has 0 radical (unpaired) electrons. The van der Waals surface area contributed by atoms with Crippen molar-refractivity contribution in [2.75, 3.05) is 13.7 Å². The van der Waals surface area contributed by atoms with Crippen molar-refractivity contribution in [2.45, 2.75) is 6.92 Å². The number of aldehydes is 1. The highest BCUT2D eigenvalue weighted by atomic mass is 16.5. The largest absolute Gasteiger partial charge is 0.497 e. The number of carbonyl (C=O) groups excluding carboxylic acids is 2. The van der Waals surface area contributed by atoms with E-state index in [1.54, 1.807) is 6.92 Å². The summed E-state index contributed by atoms with van der Waals surface area (Å²) < 4.78 is 9.73. The van der Waals surface area contributed by atoms with E-state index >= 15 is 0 Å². The van der Waals surface area contributed by atoms with Crippen molar-refractivity contribution >= 4 is 12.3 Å². The lowest BCUT2D eigenvalue weighted by atomic mass is 10.0. The molecule has 0 saturated heterocycles. The zero-order chi connectivity index (χ0) is 12.8. The Balaban J connectivity index is 3.41. The standard InChI is InChI=1S/C12H11NO4/c1-3-17-12(15)11-8(6-13)4-10(16-2)5-9(11)7-14/h4-5,7H,3H2,1-2H3. The molecule has 0 aliphatic carbocycles. The molecule has 0 atom stereocenters. The van der Waals surface area contributed by atoms with Gasteiger partial charge in [-0.2, -0.15) is 5.26 Å². The maximum absolute atomic E-state index is 11.6. The second-order valence-corrected chi connectivity index (χ2v) is 3.09. The quantitative estimate of drug-likeness (QED) is 0.582. The predicted molar refractivity (Wildman–Crippen MR) is 59.1 cm³/mol. The Morgan fingerprint density at radius 3 is 2.71 bits per heavy atom. The van der Waals surface area contributed by atoms with E-state index in [1.165, 1.54) is 19.2 Å². The summed E-state index contributed by atoms with van der Waals surface area (Å²) in [6.45, 7) is 1.82. The molecule has 0 aliphatic rings. The number of nitriles is 1. The first-order chi connectivity index (χ1) is 8.17. The van der Waals surface area contributed by atoms with Crippen LogP contribution in [0, 0.1) is 11.3 Å². The summed E-state index contributed by atoms with van der Waals surface area (Å²) in [5, 5.41) is 8.95. The third kappa shape index (κ3) is 2.61. The Bertz CT molecular complexity index is 488. The fourth-order valence-corrected chi connectivity index (χ4v) is 1.37. The third-order valence-electron chi connectivity index (χ3n) is 2.11. The normalized spacial score (nSPS) is 9.24. The third-order valence-corrected chi connectivity index (χ3v) is 2.11. The molecule has 1 rings (SSSR count). The van der Waals surface area contributed by atoms with Crippen LogP contribution in [0.4, 0.5) is 0 Å². The van der Waals surface area contributed by atoms with E-state index in [0.717, 1.165) is 0 Å². The summed E-state index contributed by atoms with van der Waals surface area (Å²) in [4.78, 5) is 22.5. The van der Waals surface area contributed by atoms with Gasteiger partial charge in [0.2, 0.25) is 0 Å². The van der Waals surface area contributed by atoms with E-state index in [4.69, 9.17) is 14.7 Å². The molecular weight excluding hydrogens is 222 g/mol. The van der Waals surface area contributed by atoms with Gasteiger partial charge in [-0.25, -0.2) is 4.79 Å². The maximum Gasteiger partial charge on any atom is 0.340 e. The highest BCUT2D eigenvalue weighted by Crippen LogP contribution is 2.22. The Morgan fingerprint density at radius 1 is 1.53 bits per heavy atom. The average molecular weight is 233 g/mol. The lowest BCUT2D eigenvalue weighted by Crippen LogP contribution is -2.10. The van der Waals surface area contributed by atoms with Crippen LogP contribution < -0.4 is 4.74 Å². The number of benzene rings is 1. The molecule has 0 fully saturated rings. The molecule has 17 heavy (non-hydrogen) atoms. The van der Waals surface area contributed by atoms with Gasteiger partial charge in [-0.1, -0.05) is 0 Å². The van der Waals surface area contributed by atoms with Crippen LogP contribution >= 0.6 is 0 Å². The van der Waals surface area contributed by atoms with E-state index in [-0.39, 0.29) is 23.3 Å². The van der Waals surface area contributed by atoms with Gasteiger partial charge in [-0.15, -0.1) is 0 Å². The molecule has 0 amide bonds. The van der Waals surface area contributed by atoms with Crippen LogP contribution in [0.25, 0.3) is 0 Å². The van der Waals surface area contributed by atoms with Crippen LogP contribution in [0.2, 0.25) is 0 Å². The van der Waals surface area contributed by atoms with E-state index in [2.05, 4.69) is 0 Å². The summed E-state index contributed by atoms with van der Waals surface area (Å²) in [6.07, 6.45) is 0.496. The average Bonchev–Trinajstić information content (AvgIpc) is 2.37. The number of hydrogen-bond acceptors (Lipinski definition) is 5. The molecule has 1 aromatic rings. The van der Waals surface area contributed by atoms with Gasteiger partial charge in [0.15, 0.2) is 6.29 Å². The van der Waals surface area contributed by atoms with Crippen LogP contribution in [-0.4, -0.2) is 26.0 Å². The first kappa shape index (κ1) is 12.7. The second-order valence-electron chi connectivity index (χ2n) is 3.09. The van der Waals surface area contributed by atoms with Gasteiger partial charge in [-0.05, 0) is 19.1 Å². The van der Waals surface area contributed by atoms with Crippen molar-refractivity contribution in [1.29, 1.82) is 5.26 Å². The molecule has 0 N–H and O–H groups in total. The summed E-state index contributed by atoms with van der Waals surface area (Å²) in [5.74, 6) is -0.342. The monoisotopic (exact) mass is 233 g/mol. The molecule has 0 saturated carbocycles. The number of methoxy groups -OCH3 is 1. The number of rotatable bonds is 4. The minimum atomic E-state index is -0.686. The summed E-state index contributed by atoms with van der Waals surface area (Å²) in [7, 11) is 1.41. The van der Waals surface area contributed by atoms with Crippen molar-refractivity contribution in [1.82, 2.24) is 0 Å². The predicted octanol–water partition coefficient (Wildman–Crippen LogP) is 1.56. The van der Waals surface area contributed by atoms with Crippen molar-refractivity contribution in [3.63, 3.8) is 0 Å². The Hall–Kier alpha value is -2.35. The van der Waals surface area contributed by atoms with Gasteiger partial charge in [-0.3, -0.25) is 4.79 Å². The second kappa shape index (κ2) is 5.66. The van der Waals surface area contributed by atoms with Crippen molar-refractivity contribution in [2.24, 2.45) is 0 Å². The summed E-state index contributed by atoms with van der Waals surface area (Å²) in [5.41, 5.74) is 0.120. The molecule has 88 valence electrons. The Morgan fingerprint density at radius 2 is 2.24 bits per heavy atom. The van der Waals surface area contributed by atoms with Crippen LogP contribution in [0.1, 0.15) is 33.2 Å². The molecule has 1 aromatic carbocycles. The molecule has 0 bridgehead atoms. The first-order valence-corrected chi connectivity index (χ1v) is 4.92. The van der Waals surface area contributed by atoms with Gasteiger partial charge >= 0.3 is 5.97 Å².